The minimum atomic E-state index is 0.00336. The van der Waals surface area contributed by atoms with E-state index in [1.54, 1.807) is 7.11 Å². The molecule has 1 amide bonds. The SMILES string of the molecule is CCOc1cccc(CNCC(=O)NCC(C)C)c1OC. The summed E-state index contributed by atoms with van der Waals surface area (Å²) in [5, 5.41) is 5.99. The summed E-state index contributed by atoms with van der Waals surface area (Å²) < 4.78 is 10.9. The van der Waals surface area contributed by atoms with Crippen LogP contribution >= 0.6 is 0 Å². The van der Waals surface area contributed by atoms with E-state index >= 15 is 0 Å². The summed E-state index contributed by atoms with van der Waals surface area (Å²) in [6.45, 7) is 8.20. The van der Waals surface area contributed by atoms with Gasteiger partial charge >= 0.3 is 0 Å². The Balaban J connectivity index is 2.51. The van der Waals surface area contributed by atoms with Gasteiger partial charge in [-0.1, -0.05) is 26.0 Å². The Morgan fingerprint density at radius 2 is 2.10 bits per heavy atom. The second kappa shape index (κ2) is 9.23. The highest BCUT2D eigenvalue weighted by molar-refractivity contribution is 5.77. The minimum Gasteiger partial charge on any atom is -0.493 e. The lowest BCUT2D eigenvalue weighted by atomic mass is 10.2. The van der Waals surface area contributed by atoms with Gasteiger partial charge in [-0.2, -0.15) is 0 Å². The predicted molar refractivity (Wildman–Crippen MR) is 83.7 cm³/mol. The highest BCUT2D eigenvalue weighted by atomic mass is 16.5. The Morgan fingerprint density at radius 3 is 2.71 bits per heavy atom. The highest BCUT2D eigenvalue weighted by Crippen LogP contribution is 2.30. The van der Waals surface area contributed by atoms with Crippen molar-refractivity contribution in [3.63, 3.8) is 0 Å². The molecule has 21 heavy (non-hydrogen) atoms. The third-order valence-electron chi connectivity index (χ3n) is 2.87. The van der Waals surface area contributed by atoms with Gasteiger partial charge in [0.05, 0.1) is 20.3 Å². The zero-order valence-electron chi connectivity index (χ0n) is 13.4. The molecule has 0 spiro atoms. The van der Waals surface area contributed by atoms with Gasteiger partial charge in [0.2, 0.25) is 5.91 Å². The second-order valence-electron chi connectivity index (χ2n) is 5.18. The fourth-order valence-electron chi connectivity index (χ4n) is 1.89. The number of carbonyl (C=O) groups excluding carboxylic acids is 1. The molecule has 0 fully saturated rings. The van der Waals surface area contributed by atoms with Gasteiger partial charge in [0, 0.05) is 18.7 Å². The summed E-state index contributed by atoms with van der Waals surface area (Å²) in [5.74, 6) is 1.90. The van der Waals surface area contributed by atoms with E-state index in [9.17, 15) is 4.79 Å². The Morgan fingerprint density at radius 1 is 1.33 bits per heavy atom. The topological polar surface area (TPSA) is 59.6 Å². The van der Waals surface area contributed by atoms with Crippen LogP contribution in [-0.4, -0.2) is 32.7 Å². The van der Waals surface area contributed by atoms with E-state index < -0.39 is 0 Å². The van der Waals surface area contributed by atoms with E-state index in [0.717, 1.165) is 17.1 Å². The molecular formula is C16H26N2O3. The van der Waals surface area contributed by atoms with Crippen LogP contribution in [0.25, 0.3) is 0 Å². The van der Waals surface area contributed by atoms with Crippen molar-refractivity contribution in [1.29, 1.82) is 0 Å². The highest BCUT2D eigenvalue weighted by Gasteiger charge is 2.10. The van der Waals surface area contributed by atoms with Gasteiger partial charge in [0.25, 0.3) is 0 Å². The lowest BCUT2D eigenvalue weighted by Gasteiger charge is -2.14. The Bertz CT molecular complexity index is 447. The van der Waals surface area contributed by atoms with Crippen LogP contribution in [0.1, 0.15) is 26.3 Å². The van der Waals surface area contributed by atoms with Crippen molar-refractivity contribution in [2.75, 3.05) is 26.8 Å². The van der Waals surface area contributed by atoms with Crippen molar-refractivity contribution >= 4 is 5.91 Å². The first-order valence-electron chi connectivity index (χ1n) is 7.34. The Hall–Kier alpha value is -1.75. The van der Waals surface area contributed by atoms with Gasteiger partial charge < -0.3 is 20.1 Å². The number of benzene rings is 1. The molecule has 0 bridgehead atoms. The first-order valence-corrected chi connectivity index (χ1v) is 7.34. The number of hydrogen-bond acceptors (Lipinski definition) is 4. The third-order valence-corrected chi connectivity index (χ3v) is 2.87. The van der Waals surface area contributed by atoms with Crippen LogP contribution < -0.4 is 20.1 Å². The number of ether oxygens (including phenoxy) is 2. The molecule has 0 aromatic heterocycles. The standard InChI is InChI=1S/C16H26N2O3/c1-5-21-14-8-6-7-13(16(14)20-4)10-17-11-15(19)18-9-12(2)3/h6-8,12,17H,5,9-11H2,1-4H3,(H,18,19). The van der Waals surface area contributed by atoms with E-state index in [1.807, 2.05) is 25.1 Å². The molecule has 0 unspecified atom stereocenters. The number of para-hydroxylation sites is 1. The number of nitrogens with one attached hydrogen (secondary N) is 2. The maximum atomic E-state index is 11.6. The van der Waals surface area contributed by atoms with E-state index in [0.29, 0.717) is 25.6 Å². The van der Waals surface area contributed by atoms with Gasteiger partial charge in [-0.3, -0.25) is 4.79 Å². The number of methoxy groups -OCH3 is 1. The number of hydrogen-bond donors (Lipinski definition) is 2. The van der Waals surface area contributed by atoms with E-state index in [1.165, 1.54) is 0 Å². The van der Waals surface area contributed by atoms with Crippen molar-refractivity contribution in [3.05, 3.63) is 23.8 Å². The van der Waals surface area contributed by atoms with Gasteiger partial charge in [-0.05, 0) is 18.9 Å². The molecule has 0 saturated carbocycles. The molecule has 0 saturated heterocycles. The minimum absolute atomic E-state index is 0.00336. The average molecular weight is 294 g/mol. The van der Waals surface area contributed by atoms with Gasteiger partial charge in [-0.25, -0.2) is 0 Å². The molecule has 5 heteroatoms. The van der Waals surface area contributed by atoms with Crippen molar-refractivity contribution in [1.82, 2.24) is 10.6 Å². The average Bonchev–Trinajstić information content (AvgIpc) is 2.46. The van der Waals surface area contributed by atoms with Crippen molar-refractivity contribution in [2.45, 2.75) is 27.3 Å². The smallest absolute Gasteiger partial charge is 0.233 e. The van der Waals surface area contributed by atoms with E-state index in [2.05, 4.69) is 24.5 Å². The van der Waals surface area contributed by atoms with Crippen LogP contribution in [0.4, 0.5) is 0 Å². The van der Waals surface area contributed by atoms with Crippen molar-refractivity contribution in [3.8, 4) is 11.5 Å². The number of amides is 1. The summed E-state index contributed by atoms with van der Waals surface area (Å²) in [7, 11) is 1.62. The summed E-state index contributed by atoms with van der Waals surface area (Å²) in [4.78, 5) is 11.6. The maximum Gasteiger partial charge on any atom is 0.233 e. The molecule has 0 aliphatic carbocycles. The van der Waals surface area contributed by atoms with Gasteiger partial charge in [-0.15, -0.1) is 0 Å². The Labute approximate surface area is 127 Å². The van der Waals surface area contributed by atoms with E-state index in [-0.39, 0.29) is 12.5 Å². The summed E-state index contributed by atoms with van der Waals surface area (Å²) >= 11 is 0. The number of carbonyl (C=O) groups is 1. The zero-order valence-corrected chi connectivity index (χ0v) is 13.4. The summed E-state index contributed by atoms with van der Waals surface area (Å²) in [6, 6.07) is 5.75. The lowest BCUT2D eigenvalue weighted by Crippen LogP contribution is -2.35. The van der Waals surface area contributed by atoms with Crippen LogP contribution in [0.5, 0.6) is 11.5 Å². The molecule has 5 nitrogen and oxygen atoms in total. The molecule has 0 radical (unpaired) electrons. The normalized spacial score (nSPS) is 10.5. The molecule has 0 heterocycles. The summed E-state index contributed by atoms with van der Waals surface area (Å²) in [5.41, 5.74) is 0.972. The molecule has 2 N–H and O–H groups in total. The van der Waals surface area contributed by atoms with Gasteiger partial charge in [0.1, 0.15) is 0 Å². The second-order valence-corrected chi connectivity index (χ2v) is 5.18. The van der Waals surface area contributed by atoms with Crippen LogP contribution in [0.3, 0.4) is 0 Å². The maximum absolute atomic E-state index is 11.6. The largest absolute Gasteiger partial charge is 0.493 e. The first-order chi connectivity index (χ1) is 10.1. The fraction of sp³-hybridized carbons (Fsp3) is 0.562. The van der Waals surface area contributed by atoms with Crippen LogP contribution in [0.2, 0.25) is 0 Å². The third kappa shape index (κ3) is 6.04. The summed E-state index contributed by atoms with van der Waals surface area (Å²) in [6.07, 6.45) is 0. The van der Waals surface area contributed by atoms with Crippen molar-refractivity contribution < 1.29 is 14.3 Å². The molecule has 1 rings (SSSR count). The van der Waals surface area contributed by atoms with Crippen LogP contribution in [0.15, 0.2) is 18.2 Å². The Kier molecular flexibility index (Phi) is 7.61. The zero-order chi connectivity index (χ0) is 15.7. The van der Waals surface area contributed by atoms with Crippen LogP contribution in [-0.2, 0) is 11.3 Å². The molecule has 1 aromatic carbocycles. The van der Waals surface area contributed by atoms with E-state index in [4.69, 9.17) is 9.47 Å². The predicted octanol–water partition coefficient (Wildman–Crippen LogP) is 1.96. The monoisotopic (exact) mass is 294 g/mol. The molecular weight excluding hydrogens is 268 g/mol. The molecule has 118 valence electrons. The fourth-order valence-corrected chi connectivity index (χ4v) is 1.89. The first kappa shape index (κ1) is 17.3. The molecule has 0 aliphatic rings. The van der Waals surface area contributed by atoms with Gasteiger partial charge in [0.15, 0.2) is 11.5 Å². The van der Waals surface area contributed by atoms with Crippen molar-refractivity contribution in [2.24, 2.45) is 5.92 Å². The molecule has 0 aliphatic heterocycles. The quantitative estimate of drug-likeness (QED) is 0.731. The lowest BCUT2D eigenvalue weighted by molar-refractivity contribution is -0.120. The van der Waals surface area contributed by atoms with Crippen LogP contribution in [0, 0.1) is 5.92 Å². The molecule has 0 atom stereocenters. The molecule has 1 aromatic rings. The number of rotatable bonds is 9.